The summed E-state index contributed by atoms with van der Waals surface area (Å²) in [6.45, 7) is 6.02. The van der Waals surface area contributed by atoms with Crippen LogP contribution in [0.5, 0.6) is 5.75 Å². The molecule has 0 amide bonds. The molecule has 1 atom stereocenters. The molecule has 0 unspecified atom stereocenters. The van der Waals surface area contributed by atoms with E-state index in [1.165, 1.54) is 5.56 Å². The molecule has 16 heavy (non-hydrogen) atoms. The van der Waals surface area contributed by atoms with E-state index in [-0.39, 0.29) is 5.41 Å². The van der Waals surface area contributed by atoms with Crippen LogP contribution in [0.2, 0.25) is 0 Å². The number of allylic oxidation sites excluding steroid dienone is 1. The molecule has 1 aliphatic rings. The number of likely N-dealkylation sites (tertiary alicyclic amines) is 1. The number of rotatable bonds is 3. The van der Waals surface area contributed by atoms with Crippen LogP contribution in [0.3, 0.4) is 0 Å². The Kier molecular flexibility index (Phi) is 3.01. The van der Waals surface area contributed by atoms with Crippen LogP contribution in [0.15, 0.2) is 36.9 Å². The Morgan fingerprint density at radius 3 is 2.94 bits per heavy atom. The van der Waals surface area contributed by atoms with Gasteiger partial charge in [-0.25, -0.2) is 0 Å². The number of phenolic OH excluding ortho intramolecular Hbond substituents is 1. The number of benzene rings is 1. The van der Waals surface area contributed by atoms with Crippen LogP contribution in [-0.4, -0.2) is 30.1 Å². The minimum atomic E-state index is 0.148. The summed E-state index contributed by atoms with van der Waals surface area (Å²) in [5.74, 6) is 0.357. The molecule has 0 radical (unpaired) electrons. The summed E-state index contributed by atoms with van der Waals surface area (Å²) in [7, 11) is 2.15. The monoisotopic (exact) mass is 217 g/mol. The van der Waals surface area contributed by atoms with E-state index in [9.17, 15) is 5.11 Å². The zero-order valence-corrected chi connectivity index (χ0v) is 9.82. The normalized spacial score (nSPS) is 25.8. The third kappa shape index (κ3) is 1.98. The standard InChI is InChI=1S/C14H19NO/c1-3-7-14(8-9-15(2)11-14)12-5-4-6-13(16)10-12/h3-6,10,16H,1,7-9,11H2,2H3/t14-/m1/s1. The second kappa shape index (κ2) is 4.30. The van der Waals surface area contributed by atoms with Crippen LogP contribution in [0.25, 0.3) is 0 Å². The van der Waals surface area contributed by atoms with Gasteiger partial charge in [-0.15, -0.1) is 6.58 Å². The van der Waals surface area contributed by atoms with E-state index in [0.29, 0.717) is 5.75 Å². The van der Waals surface area contributed by atoms with Crippen LogP contribution in [0.1, 0.15) is 18.4 Å². The van der Waals surface area contributed by atoms with Crippen LogP contribution in [0.4, 0.5) is 0 Å². The van der Waals surface area contributed by atoms with Gasteiger partial charge in [0, 0.05) is 12.0 Å². The Bertz CT molecular complexity index is 388. The molecule has 1 saturated heterocycles. The highest BCUT2D eigenvalue weighted by Crippen LogP contribution is 2.38. The fraction of sp³-hybridized carbons (Fsp3) is 0.429. The van der Waals surface area contributed by atoms with Gasteiger partial charge >= 0.3 is 0 Å². The number of likely N-dealkylation sites (N-methyl/N-ethyl adjacent to an activating group) is 1. The first-order valence-corrected chi connectivity index (χ1v) is 5.75. The van der Waals surface area contributed by atoms with Gasteiger partial charge in [-0.05, 0) is 44.1 Å². The molecule has 1 fully saturated rings. The van der Waals surface area contributed by atoms with E-state index in [2.05, 4.69) is 24.6 Å². The van der Waals surface area contributed by atoms with Crippen molar-refractivity contribution >= 4 is 0 Å². The van der Waals surface area contributed by atoms with Crippen molar-refractivity contribution in [3.8, 4) is 5.75 Å². The Balaban J connectivity index is 2.36. The molecule has 1 aliphatic heterocycles. The molecule has 1 aromatic rings. The Labute approximate surface area is 97.2 Å². The van der Waals surface area contributed by atoms with Crippen molar-refractivity contribution in [3.05, 3.63) is 42.5 Å². The van der Waals surface area contributed by atoms with E-state index >= 15 is 0 Å². The first-order valence-electron chi connectivity index (χ1n) is 5.75. The fourth-order valence-corrected chi connectivity index (χ4v) is 2.71. The molecule has 1 heterocycles. The highest BCUT2D eigenvalue weighted by molar-refractivity contribution is 5.35. The predicted molar refractivity (Wildman–Crippen MR) is 66.7 cm³/mol. The number of aromatic hydroxyl groups is 1. The third-order valence-electron chi connectivity index (χ3n) is 3.54. The summed E-state index contributed by atoms with van der Waals surface area (Å²) in [5.41, 5.74) is 1.38. The molecule has 0 saturated carbocycles. The fourth-order valence-electron chi connectivity index (χ4n) is 2.71. The summed E-state index contributed by atoms with van der Waals surface area (Å²) in [4.78, 5) is 2.34. The highest BCUT2D eigenvalue weighted by atomic mass is 16.3. The van der Waals surface area contributed by atoms with Crippen LogP contribution >= 0.6 is 0 Å². The zero-order valence-electron chi connectivity index (χ0n) is 9.82. The second-order valence-electron chi connectivity index (χ2n) is 4.81. The van der Waals surface area contributed by atoms with Crippen LogP contribution < -0.4 is 0 Å². The quantitative estimate of drug-likeness (QED) is 0.786. The van der Waals surface area contributed by atoms with E-state index in [0.717, 1.165) is 25.9 Å². The highest BCUT2D eigenvalue weighted by Gasteiger charge is 2.37. The lowest BCUT2D eigenvalue weighted by Crippen LogP contribution is -2.29. The van der Waals surface area contributed by atoms with Crippen molar-refractivity contribution in [2.75, 3.05) is 20.1 Å². The molecule has 1 aromatic carbocycles. The maximum atomic E-state index is 9.58. The van der Waals surface area contributed by atoms with Crippen molar-refractivity contribution in [1.82, 2.24) is 4.90 Å². The summed E-state index contributed by atoms with van der Waals surface area (Å²) >= 11 is 0. The SMILES string of the molecule is C=CC[C@@]1(c2cccc(O)c2)CCN(C)C1. The van der Waals surface area contributed by atoms with Gasteiger partial charge in [0.05, 0.1) is 0 Å². The predicted octanol–water partition coefficient (Wildman–Crippen LogP) is 2.54. The van der Waals surface area contributed by atoms with Gasteiger partial charge in [-0.2, -0.15) is 0 Å². The minimum absolute atomic E-state index is 0.148. The number of phenols is 1. The molecule has 0 bridgehead atoms. The Morgan fingerprint density at radius 2 is 2.38 bits per heavy atom. The minimum Gasteiger partial charge on any atom is -0.508 e. The first kappa shape index (κ1) is 11.2. The zero-order chi connectivity index (χ0) is 11.6. The summed E-state index contributed by atoms with van der Waals surface area (Å²) in [5, 5.41) is 9.58. The maximum absolute atomic E-state index is 9.58. The lowest BCUT2D eigenvalue weighted by Gasteiger charge is -2.28. The average molecular weight is 217 g/mol. The van der Waals surface area contributed by atoms with Gasteiger partial charge in [-0.3, -0.25) is 0 Å². The maximum Gasteiger partial charge on any atom is 0.115 e. The van der Waals surface area contributed by atoms with Crippen molar-refractivity contribution in [1.29, 1.82) is 0 Å². The lowest BCUT2D eigenvalue weighted by molar-refractivity contribution is 0.367. The van der Waals surface area contributed by atoms with Crippen molar-refractivity contribution in [3.63, 3.8) is 0 Å². The van der Waals surface area contributed by atoms with Gasteiger partial charge in [0.2, 0.25) is 0 Å². The molecule has 0 aromatic heterocycles. The largest absolute Gasteiger partial charge is 0.508 e. The van der Waals surface area contributed by atoms with E-state index in [4.69, 9.17) is 0 Å². The Hall–Kier alpha value is -1.28. The summed E-state index contributed by atoms with van der Waals surface area (Å²) < 4.78 is 0. The molecule has 86 valence electrons. The van der Waals surface area contributed by atoms with E-state index in [1.54, 1.807) is 6.07 Å². The molecular formula is C14H19NO. The van der Waals surface area contributed by atoms with Crippen molar-refractivity contribution < 1.29 is 5.11 Å². The topological polar surface area (TPSA) is 23.5 Å². The van der Waals surface area contributed by atoms with E-state index < -0.39 is 0 Å². The number of hydrogen-bond acceptors (Lipinski definition) is 2. The molecule has 2 nitrogen and oxygen atoms in total. The van der Waals surface area contributed by atoms with Crippen LogP contribution in [-0.2, 0) is 5.41 Å². The summed E-state index contributed by atoms with van der Waals surface area (Å²) in [6, 6.07) is 7.66. The third-order valence-corrected chi connectivity index (χ3v) is 3.54. The molecule has 2 heteroatoms. The molecule has 0 aliphatic carbocycles. The van der Waals surface area contributed by atoms with Gasteiger partial charge in [-0.1, -0.05) is 18.2 Å². The molecular weight excluding hydrogens is 198 g/mol. The second-order valence-corrected chi connectivity index (χ2v) is 4.81. The number of nitrogens with zero attached hydrogens (tertiary/aromatic N) is 1. The van der Waals surface area contributed by atoms with Gasteiger partial charge in [0.1, 0.15) is 5.75 Å². The lowest BCUT2D eigenvalue weighted by atomic mass is 9.77. The molecule has 0 spiro atoms. The smallest absolute Gasteiger partial charge is 0.115 e. The Morgan fingerprint density at radius 1 is 1.56 bits per heavy atom. The first-order chi connectivity index (χ1) is 7.66. The number of hydrogen-bond donors (Lipinski definition) is 1. The average Bonchev–Trinajstić information content (AvgIpc) is 2.62. The van der Waals surface area contributed by atoms with E-state index in [1.807, 2.05) is 18.2 Å². The summed E-state index contributed by atoms with van der Waals surface area (Å²) in [6.07, 6.45) is 4.10. The molecule has 2 rings (SSSR count). The van der Waals surface area contributed by atoms with Gasteiger partial charge in [0.25, 0.3) is 0 Å². The molecule has 1 N–H and O–H groups in total. The van der Waals surface area contributed by atoms with Gasteiger partial charge in [0.15, 0.2) is 0 Å². The van der Waals surface area contributed by atoms with Crippen LogP contribution in [0, 0.1) is 0 Å². The van der Waals surface area contributed by atoms with Crippen molar-refractivity contribution in [2.45, 2.75) is 18.3 Å². The van der Waals surface area contributed by atoms with Gasteiger partial charge < -0.3 is 10.0 Å². The van der Waals surface area contributed by atoms with Crippen molar-refractivity contribution in [2.24, 2.45) is 0 Å².